The van der Waals surface area contributed by atoms with Crippen LogP contribution in [0.1, 0.15) is 52.4 Å². The Labute approximate surface area is 93.6 Å². The number of hydrogen-bond acceptors (Lipinski definition) is 3. The summed E-state index contributed by atoms with van der Waals surface area (Å²) in [7, 11) is 0. The van der Waals surface area contributed by atoms with Crippen LogP contribution in [0.25, 0.3) is 0 Å². The minimum absolute atomic E-state index is 0.689. The lowest BCUT2D eigenvalue weighted by Crippen LogP contribution is -2.34. The van der Waals surface area contributed by atoms with Crippen molar-refractivity contribution in [3.8, 4) is 6.07 Å². The molecule has 0 amide bonds. The van der Waals surface area contributed by atoms with Crippen molar-refractivity contribution in [3.05, 3.63) is 0 Å². The molecule has 88 valence electrons. The highest BCUT2D eigenvalue weighted by Crippen LogP contribution is 2.07. The summed E-state index contributed by atoms with van der Waals surface area (Å²) in [5, 5.41) is 8.68. The zero-order valence-corrected chi connectivity index (χ0v) is 10.1. The van der Waals surface area contributed by atoms with Crippen LogP contribution in [0.15, 0.2) is 0 Å². The lowest BCUT2D eigenvalue weighted by atomic mass is 10.00. The van der Waals surface area contributed by atoms with Crippen molar-refractivity contribution < 1.29 is 4.74 Å². The molecule has 0 aromatic heterocycles. The van der Waals surface area contributed by atoms with Crippen LogP contribution in [0.3, 0.4) is 0 Å². The van der Waals surface area contributed by atoms with E-state index in [1.165, 1.54) is 19.3 Å². The van der Waals surface area contributed by atoms with Crippen LogP contribution in [-0.2, 0) is 4.74 Å². The highest BCUT2D eigenvalue weighted by molar-refractivity contribution is 5.00. The molecule has 3 heteroatoms. The summed E-state index contributed by atoms with van der Waals surface area (Å²) in [5.74, 6) is 0. The Kier molecular flexibility index (Phi) is 8.35. The molecule has 0 saturated carbocycles. The molecule has 0 aromatic rings. The average molecular weight is 212 g/mol. The smallest absolute Gasteiger partial charge is 0.101 e. The van der Waals surface area contributed by atoms with Gasteiger partial charge in [-0.25, -0.2) is 0 Å². The third kappa shape index (κ3) is 9.71. The van der Waals surface area contributed by atoms with Crippen LogP contribution in [0.5, 0.6) is 0 Å². The fraction of sp³-hybridized carbons (Fsp3) is 0.917. The molecule has 0 saturated heterocycles. The molecule has 0 aliphatic heterocycles. The van der Waals surface area contributed by atoms with Crippen molar-refractivity contribution in [2.45, 2.75) is 57.9 Å². The summed E-state index contributed by atoms with van der Waals surface area (Å²) in [5.41, 5.74) is 4.99. The highest BCUT2D eigenvalue weighted by atomic mass is 16.5. The van der Waals surface area contributed by atoms with Crippen LogP contribution in [0.2, 0.25) is 0 Å². The first-order chi connectivity index (χ1) is 7.12. The van der Waals surface area contributed by atoms with Crippen molar-refractivity contribution in [2.24, 2.45) is 5.73 Å². The van der Waals surface area contributed by atoms with Gasteiger partial charge in [-0.3, -0.25) is 0 Å². The van der Waals surface area contributed by atoms with Crippen LogP contribution in [-0.4, -0.2) is 18.8 Å². The number of nitrogens with zero attached hydrogens (tertiary/aromatic N) is 1. The second-order valence-corrected chi connectivity index (χ2v) is 4.31. The van der Waals surface area contributed by atoms with Crippen molar-refractivity contribution in [1.29, 1.82) is 5.26 Å². The van der Waals surface area contributed by atoms with Gasteiger partial charge < -0.3 is 10.5 Å². The van der Waals surface area contributed by atoms with Crippen LogP contribution in [0, 0.1) is 11.3 Å². The van der Waals surface area contributed by atoms with Gasteiger partial charge in [0, 0.05) is 13.2 Å². The van der Waals surface area contributed by atoms with E-state index in [1.807, 2.05) is 0 Å². The first-order valence-electron chi connectivity index (χ1n) is 5.90. The summed E-state index contributed by atoms with van der Waals surface area (Å²) in [4.78, 5) is 0. The molecule has 15 heavy (non-hydrogen) atoms. The van der Waals surface area contributed by atoms with E-state index in [1.54, 1.807) is 6.92 Å². The maximum absolute atomic E-state index is 8.68. The summed E-state index contributed by atoms with van der Waals surface area (Å²) >= 11 is 0. The number of nitrogens with two attached hydrogens (primary N) is 1. The normalized spacial score (nSPS) is 14.5. The Balaban J connectivity index is 3.16. The Morgan fingerprint density at radius 1 is 1.20 bits per heavy atom. The van der Waals surface area contributed by atoms with Crippen molar-refractivity contribution in [1.82, 2.24) is 0 Å². The van der Waals surface area contributed by atoms with Gasteiger partial charge in [0.05, 0.1) is 6.07 Å². The van der Waals surface area contributed by atoms with Gasteiger partial charge >= 0.3 is 0 Å². The second kappa shape index (κ2) is 8.70. The van der Waals surface area contributed by atoms with Crippen molar-refractivity contribution >= 4 is 0 Å². The standard InChI is InChI=1S/C12H24N2O/c1-3-4-5-6-9-15-10-7-8-12(2,14)11-13/h3-10,14H2,1-2H3. The van der Waals surface area contributed by atoms with Gasteiger partial charge in [-0.2, -0.15) is 5.26 Å². The summed E-state index contributed by atoms with van der Waals surface area (Å²) in [6.45, 7) is 5.52. The van der Waals surface area contributed by atoms with E-state index in [4.69, 9.17) is 15.7 Å². The molecule has 0 aliphatic carbocycles. The molecule has 0 bridgehead atoms. The summed E-state index contributed by atoms with van der Waals surface area (Å²) in [6.07, 6.45) is 6.52. The van der Waals surface area contributed by atoms with E-state index < -0.39 is 5.54 Å². The Bertz CT molecular complexity index is 185. The number of nitriles is 1. The van der Waals surface area contributed by atoms with Gasteiger partial charge in [0.15, 0.2) is 0 Å². The highest BCUT2D eigenvalue weighted by Gasteiger charge is 2.15. The first-order valence-corrected chi connectivity index (χ1v) is 5.90. The minimum atomic E-state index is -0.689. The predicted molar refractivity (Wildman–Crippen MR) is 62.4 cm³/mol. The fourth-order valence-corrected chi connectivity index (χ4v) is 1.33. The molecule has 0 aromatic carbocycles. The zero-order chi connectivity index (χ0) is 11.6. The van der Waals surface area contributed by atoms with Crippen molar-refractivity contribution in [2.75, 3.05) is 13.2 Å². The first kappa shape index (κ1) is 14.4. The number of hydrogen-bond donors (Lipinski definition) is 1. The van der Waals surface area contributed by atoms with E-state index >= 15 is 0 Å². The van der Waals surface area contributed by atoms with E-state index in [2.05, 4.69) is 13.0 Å². The third-order valence-electron chi connectivity index (χ3n) is 2.38. The minimum Gasteiger partial charge on any atom is -0.381 e. The number of unbranched alkanes of at least 4 members (excludes halogenated alkanes) is 3. The molecule has 0 radical (unpaired) electrons. The number of rotatable bonds is 9. The Hall–Kier alpha value is -0.590. The predicted octanol–water partition coefficient (Wildman–Crippen LogP) is 2.60. The molecule has 1 unspecified atom stereocenters. The van der Waals surface area contributed by atoms with Crippen LogP contribution < -0.4 is 5.73 Å². The van der Waals surface area contributed by atoms with Crippen LogP contribution >= 0.6 is 0 Å². The fourth-order valence-electron chi connectivity index (χ4n) is 1.33. The SMILES string of the molecule is CCCCCCOCCCC(C)(N)C#N. The Morgan fingerprint density at radius 3 is 2.47 bits per heavy atom. The molecular weight excluding hydrogens is 188 g/mol. The van der Waals surface area contributed by atoms with Gasteiger partial charge in [0.25, 0.3) is 0 Å². The second-order valence-electron chi connectivity index (χ2n) is 4.31. The quantitative estimate of drug-likeness (QED) is 0.598. The molecule has 0 rings (SSSR count). The largest absolute Gasteiger partial charge is 0.381 e. The molecule has 3 nitrogen and oxygen atoms in total. The molecule has 0 heterocycles. The molecule has 0 fully saturated rings. The Morgan fingerprint density at radius 2 is 1.87 bits per heavy atom. The summed E-state index contributed by atoms with van der Waals surface area (Å²) in [6, 6.07) is 2.08. The van der Waals surface area contributed by atoms with Crippen LogP contribution in [0.4, 0.5) is 0 Å². The molecule has 1 atom stereocenters. The van der Waals surface area contributed by atoms with Gasteiger partial charge in [-0.15, -0.1) is 0 Å². The monoisotopic (exact) mass is 212 g/mol. The van der Waals surface area contributed by atoms with Gasteiger partial charge in [0.2, 0.25) is 0 Å². The van der Waals surface area contributed by atoms with Gasteiger partial charge in [-0.05, 0) is 26.2 Å². The number of ether oxygens (including phenoxy) is 1. The van der Waals surface area contributed by atoms with Gasteiger partial charge in [-0.1, -0.05) is 26.2 Å². The maximum atomic E-state index is 8.68. The molecule has 0 aliphatic rings. The zero-order valence-electron chi connectivity index (χ0n) is 10.1. The molecular formula is C12H24N2O. The van der Waals surface area contributed by atoms with Crippen molar-refractivity contribution in [3.63, 3.8) is 0 Å². The lowest BCUT2D eigenvalue weighted by Gasteiger charge is -2.14. The molecule has 2 N–H and O–H groups in total. The average Bonchev–Trinajstić information content (AvgIpc) is 2.22. The van der Waals surface area contributed by atoms with E-state index in [9.17, 15) is 0 Å². The lowest BCUT2D eigenvalue weighted by molar-refractivity contribution is 0.123. The van der Waals surface area contributed by atoms with E-state index in [-0.39, 0.29) is 0 Å². The van der Waals surface area contributed by atoms with E-state index in [0.29, 0.717) is 6.42 Å². The third-order valence-corrected chi connectivity index (χ3v) is 2.38. The molecule has 0 spiro atoms. The van der Waals surface area contributed by atoms with E-state index in [0.717, 1.165) is 26.1 Å². The topological polar surface area (TPSA) is 59.0 Å². The van der Waals surface area contributed by atoms with Gasteiger partial charge in [0.1, 0.15) is 5.54 Å². The maximum Gasteiger partial charge on any atom is 0.101 e. The summed E-state index contributed by atoms with van der Waals surface area (Å²) < 4.78 is 5.46.